The van der Waals surface area contributed by atoms with Gasteiger partial charge in [-0.2, -0.15) is 0 Å². The maximum Gasteiger partial charge on any atom is 0.346 e. The topological polar surface area (TPSA) is 57.1 Å². The molecule has 1 unspecified atom stereocenters. The lowest BCUT2D eigenvalue weighted by Gasteiger charge is -2.24. The van der Waals surface area contributed by atoms with Gasteiger partial charge in [0.2, 0.25) is 0 Å². The molecule has 152 valence electrons. The molecule has 4 rings (SSSR count). The minimum atomic E-state index is -0.552. The van der Waals surface area contributed by atoms with Crippen LogP contribution in [-0.4, -0.2) is 24.9 Å². The van der Waals surface area contributed by atoms with Crippen LogP contribution < -0.4 is 9.47 Å². The van der Waals surface area contributed by atoms with Gasteiger partial charge >= 0.3 is 5.97 Å². The molecule has 0 radical (unpaired) electrons. The number of hydrogen-bond acceptors (Lipinski definition) is 5. The molecule has 0 spiro atoms. The summed E-state index contributed by atoms with van der Waals surface area (Å²) in [6, 6.07) is 24.7. The largest absolute Gasteiger partial charge is 0.497 e. The lowest BCUT2D eigenvalue weighted by molar-refractivity contribution is -0.144. The second-order valence-electron chi connectivity index (χ2n) is 7.20. The molecule has 0 saturated carbocycles. The van der Waals surface area contributed by atoms with E-state index in [2.05, 4.69) is 5.16 Å². The van der Waals surface area contributed by atoms with E-state index in [4.69, 9.17) is 14.3 Å². The van der Waals surface area contributed by atoms with E-state index in [0.717, 1.165) is 16.7 Å². The Morgan fingerprint density at radius 1 is 1.00 bits per heavy atom. The van der Waals surface area contributed by atoms with Crippen LogP contribution in [0.5, 0.6) is 11.5 Å². The summed E-state index contributed by atoms with van der Waals surface area (Å²) in [7, 11) is 1.61. The van der Waals surface area contributed by atoms with Gasteiger partial charge in [-0.15, -0.1) is 0 Å². The lowest BCUT2D eigenvalue weighted by Crippen LogP contribution is -2.25. The molecule has 1 aliphatic rings. The number of carbonyl (C=O) groups excluding carboxylic acids is 1. The van der Waals surface area contributed by atoms with E-state index in [1.807, 2.05) is 85.8 Å². The van der Waals surface area contributed by atoms with E-state index in [-0.39, 0.29) is 6.10 Å². The molecule has 1 aliphatic heterocycles. The molecule has 1 atom stereocenters. The fraction of sp³-hybridized carbons (Fsp3) is 0.200. The zero-order chi connectivity index (χ0) is 20.9. The second-order valence-corrected chi connectivity index (χ2v) is 7.20. The molecular weight excluding hydrogens is 378 g/mol. The molecule has 5 nitrogen and oxygen atoms in total. The number of oxime groups is 1. The van der Waals surface area contributed by atoms with Gasteiger partial charge in [-0.05, 0) is 30.2 Å². The SMILES string of the molecule is COc1ccc2c(c1)OC(C)C/C2=N\OC(=O)C(c1ccccc1)c1ccccc1. The predicted molar refractivity (Wildman–Crippen MR) is 115 cm³/mol. The normalized spacial score (nSPS) is 16.6. The van der Waals surface area contributed by atoms with Crippen molar-refractivity contribution in [2.75, 3.05) is 7.11 Å². The van der Waals surface area contributed by atoms with Crippen molar-refractivity contribution in [2.45, 2.75) is 25.4 Å². The molecule has 3 aromatic rings. The Bertz CT molecular complexity index is 1010. The fourth-order valence-corrected chi connectivity index (χ4v) is 3.60. The van der Waals surface area contributed by atoms with E-state index in [0.29, 0.717) is 23.6 Å². The summed E-state index contributed by atoms with van der Waals surface area (Å²) in [5.74, 6) is 0.399. The quantitative estimate of drug-likeness (QED) is 0.449. The number of fused-ring (bicyclic) bond motifs is 1. The van der Waals surface area contributed by atoms with Gasteiger partial charge in [-0.1, -0.05) is 65.8 Å². The van der Waals surface area contributed by atoms with Gasteiger partial charge in [0.15, 0.2) is 0 Å². The van der Waals surface area contributed by atoms with E-state index < -0.39 is 11.9 Å². The molecule has 30 heavy (non-hydrogen) atoms. The van der Waals surface area contributed by atoms with Crippen LogP contribution in [-0.2, 0) is 9.63 Å². The number of benzene rings is 3. The molecule has 0 aromatic heterocycles. The van der Waals surface area contributed by atoms with Crippen molar-refractivity contribution in [3.05, 3.63) is 95.6 Å². The van der Waals surface area contributed by atoms with E-state index >= 15 is 0 Å². The number of methoxy groups -OCH3 is 1. The van der Waals surface area contributed by atoms with Gasteiger partial charge in [-0.3, -0.25) is 0 Å². The average Bonchev–Trinajstić information content (AvgIpc) is 2.78. The maximum atomic E-state index is 13.1. The molecular formula is C25H23NO4. The maximum absolute atomic E-state index is 13.1. The summed E-state index contributed by atoms with van der Waals surface area (Å²) < 4.78 is 11.2. The highest BCUT2D eigenvalue weighted by Gasteiger charge is 2.27. The third-order valence-corrected chi connectivity index (χ3v) is 5.06. The van der Waals surface area contributed by atoms with Gasteiger partial charge in [-0.25, -0.2) is 4.79 Å². The summed E-state index contributed by atoms with van der Waals surface area (Å²) in [6.45, 7) is 1.95. The molecule has 0 bridgehead atoms. The van der Waals surface area contributed by atoms with E-state index in [1.165, 1.54) is 0 Å². The van der Waals surface area contributed by atoms with Gasteiger partial charge in [0.25, 0.3) is 0 Å². The van der Waals surface area contributed by atoms with Gasteiger partial charge < -0.3 is 14.3 Å². The Hall–Kier alpha value is -3.60. The Balaban J connectivity index is 1.63. The first-order valence-corrected chi connectivity index (χ1v) is 9.88. The fourth-order valence-electron chi connectivity index (χ4n) is 3.60. The first kappa shape index (κ1) is 19.7. The summed E-state index contributed by atoms with van der Waals surface area (Å²) in [5.41, 5.74) is 3.20. The van der Waals surface area contributed by atoms with Crippen LogP contribution in [0.2, 0.25) is 0 Å². The molecule has 5 heteroatoms. The zero-order valence-electron chi connectivity index (χ0n) is 16.9. The van der Waals surface area contributed by atoms with Crippen molar-refractivity contribution in [1.82, 2.24) is 0 Å². The Kier molecular flexibility index (Phi) is 5.80. The van der Waals surface area contributed by atoms with Gasteiger partial charge in [0, 0.05) is 18.1 Å². The third-order valence-electron chi connectivity index (χ3n) is 5.06. The van der Waals surface area contributed by atoms with Crippen molar-refractivity contribution in [3.8, 4) is 11.5 Å². The summed E-state index contributed by atoms with van der Waals surface area (Å²) in [5, 5.41) is 4.25. The zero-order valence-corrected chi connectivity index (χ0v) is 16.9. The van der Waals surface area contributed by atoms with Crippen LogP contribution >= 0.6 is 0 Å². The number of nitrogens with zero attached hydrogens (tertiary/aromatic N) is 1. The van der Waals surface area contributed by atoms with E-state index in [1.54, 1.807) is 7.11 Å². The standard InChI is InChI=1S/C25H23NO4/c1-17-15-22(21-14-13-20(28-2)16-23(21)29-17)26-30-25(27)24(18-9-5-3-6-10-18)19-11-7-4-8-12-19/h3-14,16-17,24H,15H2,1-2H3/b26-22+. The van der Waals surface area contributed by atoms with Crippen molar-refractivity contribution in [3.63, 3.8) is 0 Å². The van der Waals surface area contributed by atoms with Gasteiger partial charge in [0.1, 0.15) is 23.5 Å². The monoisotopic (exact) mass is 401 g/mol. The summed E-state index contributed by atoms with van der Waals surface area (Å²) in [6.07, 6.45) is 0.467. The Labute approximate surface area is 175 Å². The van der Waals surface area contributed by atoms with Crippen LogP contribution in [0.1, 0.15) is 36.0 Å². The number of carbonyl (C=O) groups is 1. The lowest BCUT2D eigenvalue weighted by atomic mass is 9.91. The van der Waals surface area contributed by atoms with Crippen molar-refractivity contribution < 1.29 is 19.1 Å². The second kappa shape index (κ2) is 8.82. The highest BCUT2D eigenvalue weighted by atomic mass is 16.7. The summed E-state index contributed by atoms with van der Waals surface area (Å²) in [4.78, 5) is 18.6. The minimum absolute atomic E-state index is 0.0823. The predicted octanol–water partition coefficient (Wildman–Crippen LogP) is 4.95. The molecule has 0 aliphatic carbocycles. The number of ether oxygens (including phenoxy) is 2. The van der Waals surface area contributed by atoms with Crippen molar-refractivity contribution in [1.29, 1.82) is 0 Å². The summed E-state index contributed by atoms with van der Waals surface area (Å²) >= 11 is 0. The van der Waals surface area contributed by atoms with Crippen LogP contribution in [0, 0.1) is 0 Å². The Morgan fingerprint density at radius 3 is 2.23 bits per heavy atom. The molecule has 0 fully saturated rings. The first-order chi connectivity index (χ1) is 14.7. The van der Waals surface area contributed by atoms with Crippen LogP contribution in [0.3, 0.4) is 0 Å². The molecule has 0 amide bonds. The molecule has 1 heterocycles. The molecule has 0 N–H and O–H groups in total. The molecule has 3 aromatic carbocycles. The highest BCUT2D eigenvalue weighted by molar-refractivity contribution is 6.04. The first-order valence-electron chi connectivity index (χ1n) is 9.88. The highest BCUT2D eigenvalue weighted by Crippen LogP contribution is 2.32. The minimum Gasteiger partial charge on any atom is -0.497 e. The van der Waals surface area contributed by atoms with Crippen LogP contribution in [0.25, 0.3) is 0 Å². The van der Waals surface area contributed by atoms with Crippen LogP contribution in [0.4, 0.5) is 0 Å². The van der Waals surface area contributed by atoms with E-state index in [9.17, 15) is 4.79 Å². The average molecular weight is 401 g/mol. The third kappa shape index (κ3) is 4.20. The Morgan fingerprint density at radius 2 is 1.63 bits per heavy atom. The molecule has 0 saturated heterocycles. The number of hydrogen-bond donors (Lipinski definition) is 0. The smallest absolute Gasteiger partial charge is 0.346 e. The van der Waals surface area contributed by atoms with Crippen molar-refractivity contribution >= 4 is 11.7 Å². The van der Waals surface area contributed by atoms with Crippen LogP contribution in [0.15, 0.2) is 84.0 Å². The number of rotatable bonds is 5. The van der Waals surface area contributed by atoms with Gasteiger partial charge in [0.05, 0.1) is 12.8 Å². The van der Waals surface area contributed by atoms with Crippen molar-refractivity contribution in [2.24, 2.45) is 5.16 Å².